The molecule has 0 bridgehead atoms. The molecular weight excluding hydrogens is 452 g/mol. The van der Waals surface area contributed by atoms with Crippen molar-refractivity contribution in [3.63, 3.8) is 0 Å². The summed E-state index contributed by atoms with van der Waals surface area (Å²) in [5, 5.41) is 1.98. The van der Waals surface area contributed by atoms with Crippen molar-refractivity contribution < 1.29 is 9.47 Å². The molecule has 2 aliphatic rings. The summed E-state index contributed by atoms with van der Waals surface area (Å²) < 4.78 is 13.0. The largest absolute Gasteiger partial charge is 0.378 e. The van der Waals surface area contributed by atoms with Gasteiger partial charge in [0.1, 0.15) is 4.83 Å². The Labute approximate surface area is 201 Å². The summed E-state index contributed by atoms with van der Waals surface area (Å²) in [6.45, 7) is 8.03. The highest BCUT2D eigenvalue weighted by Crippen LogP contribution is 2.45. The van der Waals surface area contributed by atoms with Gasteiger partial charge in [0.25, 0.3) is 0 Å². The second-order valence-corrected chi connectivity index (χ2v) is 10.9. The van der Waals surface area contributed by atoms with E-state index in [0.717, 1.165) is 70.0 Å². The molecule has 1 saturated heterocycles. The van der Waals surface area contributed by atoms with Gasteiger partial charge in [-0.3, -0.25) is 0 Å². The number of rotatable bonds is 3. The minimum absolute atomic E-state index is 0.230. The fourth-order valence-electron chi connectivity index (χ4n) is 4.76. The molecule has 0 N–H and O–H groups in total. The van der Waals surface area contributed by atoms with Crippen molar-refractivity contribution in [2.45, 2.75) is 37.6 Å². The van der Waals surface area contributed by atoms with Crippen LogP contribution in [-0.2, 0) is 22.5 Å². The summed E-state index contributed by atoms with van der Waals surface area (Å²) in [5.74, 6) is 1.01. The Morgan fingerprint density at radius 3 is 2.58 bits per heavy atom. The molecule has 3 aromatic heterocycles. The number of pyridine rings is 1. The first-order valence-corrected chi connectivity index (χ1v) is 13.3. The Hall–Kier alpha value is -2.26. The average Bonchev–Trinajstić information content (AvgIpc) is 3.22. The maximum Gasteiger partial charge on any atom is 0.189 e. The van der Waals surface area contributed by atoms with Gasteiger partial charge in [-0.05, 0) is 25.7 Å². The van der Waals surface area contributed by atoms with Gasteiger partial charge in [0.15, 0.2) is 11.0 Å². The molecule has 1 aromatic carbocycles. The van der Waals surface area contributed by atoms with E-state index in [1.165, 1.54) is 16.5 Å². The molecule has 33 heavy (non-hydrogen) atoms. The molecule has 8 heteroatoms. The van der Waals surface area contributed by atoms with Crippen molar-refractivity contribution in [2.24, 2.45) is 0 Å². The maximum atomic E-state index is 6.26. The van der Waals surface area contributed by atoms with Crippen molar-refractivity contribution >= 4 is 49.3 Å². The number of fused-ring (bicyclic) bond motifs is 5. The number of ether oxygens (including phenoxy) is 2. The van der Waals surface area contributed by atoms with Crippen LogP contribution in [0.5, 0.6) is 0 Å². The van der Waals surface area contributed by atoms with Crippen molar-refractivity contribution in [1.82, 2.24) is 15.0 Å². The van der Waals surface area contributed by atoms with Gasteiger partial charge in [-0.1, -0.05) is 42.1 Å². The van der Waals surface area contributed by atoms with Gasteiger partial charge in [0.05, 0.1) is 41.3 Å². The minimum atomic E-state index is -0.230. The normalized spacial score (nSPS) is 18.1. The van der Waals surface area contributed by atoms with Crippen LogP contribution in [0.2, 0.25) is 0 Å². The SMILES string of the molecule is CSc1nc(N2CCOCC2)c2sc3nc(-c4ccccc4)c4c(c3c2n1)CC(C)(C)OC4. The fourth-order valence-corrected chi connectivity index (χ4v) is 6.28. The molecule has 4 aromatic rings. The Balaban J connectivity index is 1.67. The third kappa shape index (κ3) is 3.69. The van der Waals surface area contributed by atoms with Crippen LogP contribution in [0, 0.1) is 0 Å². The smallest absolute Gasteiger partial charge is 0.189 e. The van der Waals surface area contributed by atoms with Crippen LogP contribution in [0.4, 0.5) is 5.82 Å². The van der Waals surface area contributed by atoms with Crippen molar-refractivity contribution in [1.29, 1.82) is 0 Å². The number of morpholine rings is 1. The highest BCUT2D eigenvalue weighted by molar-refractivity contribution is 7.98. The second-order valence-electron chi connectivity index (χ2n) is 9.10. The van der Waals surface area contributed by atoms with Gasteiger partial charge in [0.2, 0.25) is 0 Å². The van der Waals surface area contributed by atoms with Gasteiger partial charge >= 0.3 is 0 Å². The Kier molecular flexibility index (Phi) is 5.29. The zero-order valence-corrected chi connectivity index (χ0v) is 20.7. The third-order valence-electron chi connectivity index (χ3n) is 6.39. The van der Waals surface area contributed by atoms with E-state index in [1.54, 1.807) is 23.1 Å². The maximum absolute atomic E-state index is 6.26. The topological polar surface area (TPSA) is 60.4 Å². The molecule has 0 aliphatic carbocycles. The van der Waals surface area contributed by atoms with E-state index in [1.807, 2.05) is 12.3 Å². The number of hydrogen-bond donors (Lipinski definition) is 0. The number of nitrogens with zero attached hydrogens (tertiary/aromatic N) is 4. The molecule has 5 heterocycles. The standard InChI is InChI=1S/C25H26N4O2S2/c1-25(2)13-16-17(14-31-25)19(15-7-5-4-6-8-15)26-23-18(16)20-21(33-23)22(28-24(27-20)32-3)29-9-11-30-12-10-29/h4-8H,9-14H2,1-3H3. The van der Waals surface area contributed by atoms with Gasteiger partial charge in [-0.15, -0.1) is 11.3 Å². The van der Waals surface area contributed by atoms with E-state index in [0.29, 0.717) is 6.61 Å². The Bertz CT molecular complexity index is 1350. The highest BCUT2D eigenvalue weighted by Gasteiger charge is 2.32. The quantitative estimate of drug-likeness (QED) is 0.292. The van der Waals surface area contributed by atoms with Crippen molar-refractivity contribution in [3.05, 3.63) is 41.5 Å². The van der Waals surface area contributed by atoms with Gasteiger partial charge in [0, 0.05) is 36.0 Å². The van der Waals surface area contributed by atoms with Crippen LogP contribution in [0.25, 0.3) is 31.7 Å². The highest BCUT2D eigenvalue weighted by atomic mass is 32.2. The zero-order chi connectivity index (χ0) is 22.6. The van der Waals surface area contributed by atoms with E-state index in [-0.39, 0.29) is 5.60 Å². The first-order chi connectivity index (χ1) is 16.0. The monoisotopic (exact) mass is 478 g/mol. The van der Waals surface area contributed by atoms with E-state index < -0.39 is 0 Å². The van der Waals surface area contributed by atoms with Crippen LogP contribution in [-0.4, -0.2) is 53.1 Å². The molecule has 2 aliphatic heterocycles. The second kappa shape index (κ2) is 8.20. The lowest BCUT2D eigenvalue weighted by Crippen LogP contribution is -2.36. The van der Waals surface area contributed by atoms with E-state index in [4.69, 9.17) is 24.4 Å². The first kappa shape index (κ1) is 21.3. The average molecular weight is 479 g/mol. The summed E-state index contributed by atoms with van der Waals surface area (Å²) in [6.07, 6.45) is 2.87. The number of hydrogen-bond acceptors (Lipinski definition) is 8. The molecule has 0 spiro atoms. The van der Waals surface area contributed by atoms with E-state index >= 15 is 0 Å². The van der Waals surface area contributed by atoms with Crippen molar-refractivity contribution in [2.75, 3.05) is 37.5 Å². The van der Waals surface area contributed by atoms with E-state index in [2.05, 4.69) is 43.0 Å². The van der Waals surface area contributed by atoms with Gasteiger partial charge in [-0.25, -0.2) is 15.0 Å². The third-order valence-corrected chi connectivity index (χ3v) is 8.01. The summed E-state index contributed by atoms with van der Waals surface area (Å²) in [5.41, 5.74) is 5.44. The number of anilines is 1. The summed E-state index contributed by atoms with van der Waals surface area (Å²) >= 11 is 3.30. The van der Waals surface area contributed by atoms with E-state index in [9.17, 15) is 0 Å². The summed E-state index contributed by atoms with van der Waals surface area (Å²) in [4.78, 5) is 18.5. The molecule has 0 radical (unpaired) electrons. The predicted molar refractivity (Wildman–Crippen MR) is 136 cm³/mol. The van der Waals surface area contributed by atoms with Crippen LogP contribution in [0.15, 0.2) is 35.5 Å². The number of thioether (sulfide) groups is 1. The van der Waals surface area contributed by atoms with Gasteiger partial charge < -0.3 is 14.4 Å². The molecule has 1 fully saturated rings. The lowest BCUT2D eigenvalue weighted by atomic mass is 9.88. The number of aromatic nitrogens is 3. The van der Waals surface area contributed by atoms with Gasteiger partial charge in [-0.2, -0.15) is 0 Å². The first-order valence-electron chi connectivity index (χ1n) is 11.3. The number of thiophene rings is 1. The zero-order valence-electron chi connectivity index (χ0n) is 19.1. The van der Waals surface area contributed by atoms with Crippen LogP contribution < -0.4 is 4.90 Å². The molecule has 170 valence electrons. The Morgan fingerprint density at radius 2 is 1.82 bits per heavy atom. The molecule has 0 saturated carbocycles. The van der Waals surface area contributed by atoms with Crippen LogP contribution >= 0.6 is 23.1 Å². The minimum Gasteiger partial charge on any atom is -0.378 e. The Morgan fingerprint density at radius 1 is 1.03 bits per heavy atom. The molecule has 0 amide bonds. The molecule has 6 rings (SSSR count). The molecule has 6 nitrogen and oxygen atoms in total. The predicted octanol–water partition coefficient (Wildman–Crippen LogP) is 5.32. The lowest BCUT2D eigenvalue weighted by Gasteiger charge is -2.33. The molecular formula is C25H26N4O2S2. The van der Waals surface area contributed by atoms with Crippen LogP contribution in [0.3, 0.4) is 0 Å². The molecule has 0 atom stereocenters. The lowest BCUT2D eigenvalue weighted by molar-refractivity contribution is -0.0394. The van der Waals surface area contributed by atoms with Crippen molar-refractivity contribution in [3.8, 4) is 11.3 Å². The summed E-state index contributed by atoms with van der Waals surface area (Å²) in [7, 11) is 0. The fraction of sp³-hybridized carbons (Fsp3) is 0.400. The summed E-state index contributed by atoms with van der Waals surface area (Å²) in [6, 6.07) is 10.4. The number of benzene rings is 1. The van der Waals surface area contributed by atoms with Crippen LogP contribution in [0.1, 0.15) is 25.0 Å². The molecule has 0 unspecified atom stereocenters.